The van der Waals surface area contributed by atoms with E-state index in [1.165, 1.54) is 11.6 Å². The summed E-state index contributed by atoms with van der Waals surface area (Å²) >= 11 is 1.63. The van der Waals surface area contributed by atoms with Gasteiger partial charge in [-0.2, -0.15) is 24.5 Å². The molecule has 158 valence electrons. The van der Waals surface area contributed by atoms with Gasteiger partial charge in [0, 0.05) is 31.7 Å². The lowest BCUT2D eigenvalue weighted by Crippen LogP contribution is -2.43. The molecule has 1 saturated heterocycles. The van der Waals surface area contributed by atoms with Gasteiger partial charge in [0.15, 0.2) is 0 Å². The molecule has 0 spiro atoms. The Kier molecular flexibility index (Phi) is 6.79. The number of aromatic nitrogens is 1. The maximum Gasteiger partial charge on any atom is 0.417 e. The number of alkyl halides is 3. The van der Waals surface area contributed by atoms with E-state index < -0.39 is 11.7 Å². The highest BCUT2D eigenvalue weighted by molar-refractivity contribution is 7.07. The lowest BCUT2D eigenvalue weighted by molar-refractivity contribution is -0.137. The number of amides is 1. The summed E-state index contributed by atoms with van der Waals surface area (Å²) in [5.41, 5.74) is 0.431. The molecule has 3 heterocycles. The molecular weight excluding hydrogens is 401 g/mol. The minimum absolute atomic E-state index is 0.0344. The molecule has 2 aromatic heterocycles. The predicted molar refractivity (Wildman–Crippen MR) is 108 cm³/mol. The molecule has 1 N–H and O–H groups in total. The minimum Gasteiger partial charge on any atom is -0.357 e. The summed E-state index contributed by atoms with van der Waals surface area (Å²) in [5.74, 6) is 0.458. The van der Waals surface area contributed by atoms with E-state index in [2.05, 4.69) is 26.6 Å². The monoisotopic (exact) mass is 426 g/mol. The average Bonchev–Trinajstić information content (AvgIpc) is 3.22. The topological polar surface area (TPSA) is 48.5 Å². The molecule has 1 atom stereocenters. The molecule has 29 heavy (non-hydrogen) atoms. The van der Waals surface area contributed by atoms with Gasteiger partial charge in [-0.3, -0.25) is 4.79 Å². The van der Waals surface area contributed by atoms with Crippen LogP contribution in [0.25, 0.3) is 0 Å². The Morgan fingerprint density at radius 3 is 2.55 bits per heavy atom. The molecule has 1 amide bonds. The van der Waals surface area contributed by atoms with E-state index in [0.29, 0.717) is 38.3 Å². The van der Waals surface area contributed by atoms with Crippen molar-refractivity contribution in [2.45, 2.75) is 25.1 Å². The van der Waals surface area contributed by atoms with Crippen LogP contribution in [0, 0.1) is 5.92 Å². The molecule has 1 aliphatic heterocycles. The van der Waals surface area contributed by atoms with Crippen molar-refractivity contribution in [3.05, 3.63) is 46.3 Å². The van der Waals surface area contributed by atoms with Crippen molar-refractivity contribution in [2.24, 2.45) is 5.92 Å². The SMILES string of the molecule is CN(C)[C@H](CNC(=O)C1CCN(c2ccc(C(F)(F)F)cn2)CC1)c1ccsc1. The fourth-order valence-electron chi connectivity index (χ4n) is 3.52. The van der Waals surface area contributed by atoms with Gasteiger partial charge in [0.1, 0.15) is 5.82 Å². The first kappa shape index (κ1) is 21.6. The smallest absolute Gasteiger partial charge is 0.357 e. The van der Waals surface area contributed by atoms with Crippen LogP contribution in [0.3, 0.4) is 0 Å². The minimum atomic E-state index is -4.38. The molecule has 9 heteroatoms. The van der Waals surface area contributed by atoms with E-state index in [1.54, 1.807) is 11.3 Å². The number of nitrogens with one attached hydrogen (secondary N) is 1. The molecule has 0 aliphatic carbocycles. The number of piperidine rings is 1. The number of hydrogen-bond donors (Lipinski definition) is 1. The third-order valence-electron chi connectivity index (χ3n) is 5.29. The zero-order chi connectivity index (χ0) is 21.0. The molecule has 1 aliphatic rings. The number of rotatable bonds is 6. The summed E-state index contributed by atoms with van der Waals surface area (Å²) in [6.07, 6.45) is -2.22. The van der Waals surface area contributed by atoms with Crippen LogP contribution in [0.1, 0.15) is 30.0 Å². The Balaban J connectivity index is 1.50. The molecule has 0 radical (unpaired) electrons. The lowest BCUT2D eigenvalue weighted by atomic mass is 9.95. The largest absolute Gasteiger partial charge is 0.417 e. The maximum atomic E-state index is 12.7. The number of hydrogen-bond acceptors (Lipinski definition) is 5. The molecule has 5 nitrogen and oxygen atoms in total. The Morgan fingerprint density at radius 2 is 2.03 bits per heavy atom. The molecule has 0 saturated carbocycles. The van der Waals surface area contributed by atoms with Gasteiger partial charge in [-0.05, 0) is 61.5 Å². The van der Waals surface area contributed by atoms with Crippen molar-refractivity contribution < 1.29 is 18.0 Å². The van der Waals surface area contributed by atoms with Gasteiger partial charge in [0.05, 0.1) is 11.6 Å². The van der Waals surface area contributed by atoms with Gasteiger partial charge in [0.25, 0.3) is 0 Å². The van der Waals surface area contributed by atoms with Crippen LogP contribution in [-0.2, 0) is 11.0 Å². The van der Waals surface area contributed by atoms with Crippen molar-refractivity contribution in [3.8, 4) is 0 Å². The zero-order valence-electron chi connectivity index (χ0n) is 16.4. The second-order valence-electron chi connectivity index (χ2n) is 7.45. The van der Waals surface area contributed by atoms with Crippen molar-refractivity contribution in [2.75, 3.05) is 38.6 Å². The van der Waals surface area contributed by atoms with Crippen LogP contribution in [0.2, 0.25) is 0 Å². The standard InChI is InChI=1S/C20H25F3N4OS/c1-26(2)17(15-7-10-29-13-15)12-25-19(28)14-5-8-27(9-6-14)18-4-3-16(11-24-18)20(21,22)23/h3-4,7,10-11,13-14,17H,5-6,8-9,12H2,1-2H3,(H,25,28)/t17-/m1/s1. The van der Waals surface area contributed by atoms with E-state index >= 15 is 0 Å². The first-order valence-electron chi connectivity index (χ1n) is 9.50. The van der Waals surface area contributed by atoms with Crippen molar-refractivity contribution in [1.29, 1.82) is 0 Å². The van der Waals surface area contributed by atoms with E-state index in [0.717, 1.165) is 12.3 Å². The van der Waals surface area contributed by atoms with Gasteiger partial charge in [-0.1, -0.05) is 0 Å². The van der Waals surface area contributed by atoms with Crippen LogP contribution in [-0.4, -0.2) is 49.5 Å². The molecule has 3 rings (SSSR count). The number of halogens is 3. The first-order chi connectivity index (χ1) is 13.8. The van der Waals surface area contributed by atoms with Crippen LogP contribution in [0.4, 0.5) is 19.0 Å². The fraction of sp³-hybridized carbons (Fsp3) is 0.500. The molecule has 1 fully saturated rings. The molecular formula is C20H25F3N4OS. The summed E-state index contributed by atoms with van der Waals surface area (Å²) in [7, 11) is 3.98. The van der Waals surface area contributed by atoms with Crippen LogP contribution in [0.5, 0.6) is 0 Å². The van der Waals surface area contributed by atoms with Crippen molar-refractivity contribution in [1.82, 2.24) is 15.2 Å². The van der Waals surface area contributed by atoms with E-state index in [-0.39, 0.29) is 17.9 Å². The first-order valence-corrected chi connectivity index (χ1v) is 10.4. The van der Waals surface area contributed by atoms with Crippen LogP contribution in [0.15, 0.2) is 35.2 Å². The van der Waals surface area contributed by atoms with Gasteiger partial charge in [-0.25, -0.2) is 4.98 Å². The molecule has 0 aromatic carbocycles. The third kappa shape index (κ3) is 5.48. The summed E-state index contributed by atoms with van der Waals surface area (Å²) < 4.78 is 38.0. The normalized spacial score (nSPS) is 16.8. The predicted octanol–water partition coefficient (Wildman–Crippen LogP) is 3.80. The quantitative estimate of drug-likeness (QED) is 0.764. The lowest BCUT2D eigenvalue weighted by Gasteiger charge is -2.33. The summed E-state index contributed by atoms with van der Waals surface area (Å²) in [6.45, 7) is 1.74. The molecule has 0 bridgehead atoms. The highest BCUT2D eigenvalue weighted by Gasteiger charge is 2.31. The van der Waals surface area contributed by atoms with Gasteiger partial charge in [-0.15, -0.1) is 0 Å². The number of pyridine rings is 1. The molecule has 2 aromatic rings. The van der Waals surface area contributed by atoms with Crippen molar-refractivity contribution in [3.63, 3.8) is 0 Å². The average molecular weight is 427 g/mol. The highest BCUT2D eigenvalue weighted by atomic mass is 32.1. The third-order valence-corrected chi connectivity index (χ3v) is 5.99. The van der Waals surface area contributed by atoms with Gasteiger partial charge < -0.3 is 15.1 Å². The van der Waals surface area contributed by atoms with E-state index in [1.807, 2.05) is 24.4 Å². The van der Waals surface area contributed by atoms with Crippen molar-refractivity contribution >= 4 is 23.1 Å². The van der Waals surface area contributed by atoms with E-state index in [9.17, 15) is 18.0 Å². The van der Waals surface area contributed by atoms with Gasteiger partial charge >= 0.3 is 6.18 Å². The number of anilines is 1. The second kappa shape index (κ2) is 9.13. The van der Waals surface area contributed by atoms with Crippen LogP contribution >= 0.6 is 11.3 Å². The Hall–Kier alpha value is -2.13. The Bertz CT molecular complexity index is 785. The number of thiophene rings is 1. The summed E-state index contributed by atoms with van der Waals surface area (Å²) in [6, 6.07) is 4.64. The Morgan fingerprint density at radius 1 is 1.31 bits per heavy atom. The Labute approximate surface area is 172 Å². The second-order valence-corrected chi connectivity index (χ2v) is 8.23. The number of carbonyl (C=O) groups excluding carboxylic acids is 1. The van der Waals surface area contributed by atoms with Gasteiger partial charge in [0.2, 0.25) is 5.91 Å². The number of carbonyl (C=O) groups is 1. The molecule has 0 unspecified atom stereocenters. The zero-order valence-corrected chi connectivity index (χ0v) is 17.3. The summed E-state index contributed by atoms with van der Waals surface area (Å²) in [4.78, 5) is 20.6. The van der Waals surface area contributed by atoms with Crippen LogP contribution < -0.4 is 10.2 Å². The summed E-state index contributed by atoms with van der Waals surface area (Å²) in [5, 5.41) is 7.18. The fourth-order valence-corrected chi connectivity index (χ4v) is 4.22. The number of nitrogens with zero attached hydrogens (tertiary/aromatic N) is 3. The highest BCUT2D eigenvalue weighted by Crippen LogP contribution is 2.30. The number of likely N-dealkylation sites (N-methyl/N-ethyl adjacent to an activating group) is 1. The van der Waals surface area contributed by atoms with E-state index in [4.69, 9.17) is 0 Å². The maximum absolute atomic E-state index is 12.7.